The van der Waals surface area contributed by atoms with Crippen molar-refractivity contribution < 1.29 is 43.9 Å². The van der Waals surface area contributed by atoms with Crippen LogP contribution in [0.3, 0.4) is 0 Å². The number of phenolic OH excluding ortho intramolecular Hbond substituents is 1. The molecule has 0 radical (unpaired) electrons. The maximum atomic E-state index is 15.5. The molecule has 3 aromatic rings. The average molecular weight is 510 g/mol. The van der Waals surface area contributed by atoms with Crippen LogP contribution in [0.2, 0.25) is 5.28 Å². The minimum absolute atomic E-state index is 0.0373. The number of carbonyl (C=O) groups is 2. The molecule has 5 rings (SSSR count). The van der Waals surface area contributed by atoms with Gasteiger partial charge < -0.3 is 35.6 Å². The van der Waals surface area contributed by atoms with E-state index in [-0.39, 0.29) is 33.6 Å². The van der Waals surface area contributed by atoms with Gasteiger partial charge in [0.1, 0.15) is 23.5 Å². The van der Waals surface area contributed by atoms with Crippen molar-refractivity contribution in [1.82, 2.24) is 19.5 Å². The summed E-state index contributed by atoms with van der Waals surface area (Å²) in [5, 5.41) is 39.6. The van der Waals surface area contributed by atoms with Crippen LogP contribution in [0.4, 0.5) is 10.2 Å². The Labute approximate surface area is 199 Å². The quantitative estimate of drug-likeness (QED) is 0.215. The summed E-state index contributed by atoms with van der Waals surface area (Å²) in [7, 11) is 0. The summed E-state index contributed by atoms with van der Waals surface area (Å²) in [6, 6.07) is 5.11. The Morgan fingerprint density at radius 2 is 1.91 bits per heavy atom. The average Bonchev–Trinajstić information content (AvgIpc) is 3.05. The highest BCUT2D eigenvalue weighted by Gasteiger charge is 2.80. The Kier molecular flexibility index (Phi) is 5.10. The predicted molar refractivity (Wildman–Crippen MR) is 113 cm³/mol. The number of imidazole rings is 1. The SMILES string of the molecule is Nc1nc(Cl)nc2c1ncn2[C@@H]1O[C@@H]2C(OC(Cc3ccc(O)cc3)(C(=O)O)C(=O)O)[C@]2(O)[C@@H]1F. The van der Waals surface area contributed by atoms with Crippen LogP contribution < -0.4 is 5.73 Å². The number of benzene rings is 1. The molecule has 184 valence electrons. The fourth-order valence-electron chi connectivity index (χ4n) is 4.24. The first-order chi connectivity index (χ1) is 16.5. The van der Waals surface area contributed by atoms with Crippen LogP contribution >= 0.6 is 11.6 Å². The minimum atomic E-state index is -2.86. The molecule has 1 unspecified atom stereocenters. The van der Waals surface area contributed by atoms with Crippen molar-refractivity contribution in [3.63, 3.8) is 0 Å². The number of nitrogens with zero attached hydrogens (tertiary/aromatic N) is 4. The van der Waals surface area contributed by atoms with E-state index in [9.17, 15) is 30.0 Å². The van der Waals surface area contributed by atoms with Crippen molar-refractivity contribution in [1.29, 1.82) is 0 Å². The standard InChI is InChI=1S/C20H17ClFN5O8/c21-18-25-13(23)9-14(26-18)27(6-24-9)15-10(22)20(33)11(34-15)12(20)35-19(16(29)30,17(31)32)5-7-1-3-8(28)4-2-7/h1-4,6,10-12,15,28,33H,5H2,(H,29,30)(H,31,32)(H2,23,25,26)/t10-,11-,12?,15-,20+/m1/s1. The van der Waals surface area contributed by atoms with Crippen LogP contribution in [0, 0.1) is 0 Å². The highest BCUT2D eigenvalue weighted by molar-refractivity contribution is 6.28. The number of hydrogen-bond donors (Lipinski definition) is 5. The number of aliphatic hydroxyl groups is 1. The lowest BCUT2D eigenvalue weighted by Gasteiger charge is -2.28. The molecule has 1 aliphatic carbocycles. The predicted octanol–water partition coefficient (Wildman–Crippen LogP) is 0.284. The maximum Gasteiger partial charge on any atom is 0.348 e. The van der Waals surface area contributed by atoms with Crippen molar-refractivity contribution >= 4 is 40.5 Å². The van der Waals surface area contributed by atoms with E-state index < -0.39 is 54.2 Å². The van der Waals surface area contributed by atoms with E-state index in [2.05, 4.69) is 15.0 Å². The largest absolute Gasteiger partial charge is 0.508 e. The van der Waals surface area contributed by atoms with Gasteiger partial charge in [-0.2, -0.15) is 9.97 Å². The third kappa shape index (κ3) is 3.36. The van der Waals surface area contributed by atoms with E-state index in [1.54, 1.807) is 0 Å². The Bertz CT molecular complexity index is 1340. The van der Waals surface area contributed by atoms with Crippen molar-refractivity contribution in [3.8, 4) is 5.75 Å². The van der Waals surface area contributed by atoms with Gasteiger partial charge in [-0.1, -0.05) is 12.1 Å². The van der Waals surface area contributed by atoms with Gasteiger partial charge in [0, 0.05) is 6.42 Å². The molecule has 5 atom stereocenters. The van der Waals surface area contributed by atoms with Crippen LogP contribution in [-0.4, -0.2) is 81.5 Å². The number of anilines is 1. The summed E-state index contributed by atoms with van der Waals surface area (Å²) in [6.07, 6.45) is -6.13. The van der Waals surface area contributed by atoms with E-state index in [1.165, 1.54) is 24.3 Å². The normalized spacial score (nSPS) is 27.6. The van der Waals surface area contributed by atoms with Crippen molar-refractivity contribution in [2.75, 3.05) is 5.73 Å². The third-order valence-corrected chi connectivity index (χ3v) is 6.33. The fourth-order valence-corrected chi connectivity index (χ4v) is 4.41. The number of aromatic hydroxyl groups is 1. The molecule has 2 fully saturated rings. The molecule has 2 aliphatic rings. The van der Waals surface area contributed by atoms with Crippen molar-refractivity contribution in [3.05, 3.63) is 41.4 Å². The summed E-state index contributed by atoms with van der Waals surface area (Å²) in [6.45, 7) is 0. The number of hydrogen-bond acceptors (Lipinski definition) is 10. The highest BCUT2D eigenvalue weighted by atomic mass is 35.5. The summed E-state index contributed by atoms with van der Waals surface area (Å²) in [5.74, 6) is -3.89. The zero-order valence-corrected chi connectivity index (χ0v) is 18.2. The molecular formula is C20H17ClFN5O8. The van der Waals surface area contributed by atoms with Crippen LogP contribution in [0.5, 0.6) is 5.75 Å². The summed E-state index contributed by atoms with van der Waals surface area (Å²) < 4.78 is 27.6. The molecular weight excluding hydrogens is 493 g/mol. The van der Waals surface area contributed by atoms with Gasteiger partial charge in [0.15, 0.2) is 29.5 Å². The summed E-state index contributed by atoms with van der Waals surface area (Å²) in [5.41, 5.74) is 0.909. The van der Waals surface area contributed by atoms with Crippen molar-refractivity contribution in [2.24, 2.45) is 0 Å². The lowest BCUT2D eigenvalue weighted by Crippen LogP contribution is -2.53. The second-order valence-electron chi connectivity index (χ2n) is 8.26. The minimum Gasteiger partial charge on any atom is -0.508 e. The number of nitrogens with two attached hydrogens (primary N) is 1. The number of halogens is 2. The maximum absolute atomic E-state index is 15.5. The van der Waals surface area contributed by atoms with E-state index in [0.717, 1.165) is 10.9 Å². The zero-order chi connectivity index (χ0) is 25.3. The lowest BCUT2D eigenvalue weighted by molar-refractivity contribution is -0.194. The van der Waals surface area contributed by atoms with E-state index >= 15 is 4.39 Å². The van der Waals surface area contributed by atoms with Gasteiger partial charge in [-0.25, -0.2) is 19.0 Å². The summed E-state index contributed by atoms with van der Waals surface area (Å²) >= 11 is 5.82. The number of aliphatic carboxylic acids is 2. The molecule has 15 heteroatoms. The first-order valence-corrected chi connectivity index (χ1v) is 10.5. The Hall–Kier alpha value is -3.59. The van der Waals surface area contributed by atoms with E-state index in [4.69, 9.17) is 26.8 Å². The van der Waals surface area contributed by atoms with Gasteiger partial charge in [0.2, 0.25) is 5.28 Å². The van der Waals surface area contributed by atoms with Gasteiger partial charge in [-0.3, -0.25) is 4.57 Å². The number of ether oxygens (including phenoxy) is 2. The molecule has 0 spiro atoms. The molecule has 1 saturated carbocycles. The second kappa shape index (κ2) is 7.71. The molecule has 2 aromatic heterocycles. The number of aromatic nitrogens is 4. The Morgan fingerprint density at radius 3 is 2.49 bits per heavy atom. The number of rotatable bonds is 7. The van der Waals surface area contributed by atoms with E-state index in [1.807, 2.05) is 0 Å². The zero-order valence-electron chi connectivity index (χ0n) is 17.4. The number of carboxylic acid groups (broad SMARTS) is 2. The summed E-state index contributed by atoms with van der Waals surface area (Å²) in [4.78, 5) is 35.8. The molecule has 0 bridgehead atoms. The number of nitrogen functional groups attached to an aromatic ring is 1. The molecule has 1 saturated heterocycles. The Balaban J connectivity index is 1.42. The molecule has 1 aliphatic heterocycles. The van der Waals surface area contributed by atoms with Crippen LogP contribution in [0.1, 0.15) is 11.8 Å². The van der Waals surface area contributed by atoms with Gasteiger partial charge in [0.05, 0.1) is 6.33 Å². The highest BCUT2D eigenvalue weighted by Crippen LogP contribution is 2.58. The molecule has 13 nitrogen and oxygen atoms in total. The van der Waals surface area contributed by atoms with Crippen LogP contribution in [-0.2, 0) is 25.5 Å². The molecule has 1 aromatic carbocycles. The molecule has 6 N–H and O–H groups in total. The van der Waals surface area contributed by atoms with Gasteiger partial charge in [-0.15, -0.1) is 0 Å². The van der Waals surface area contributed by atoms with Crippen LogP contribution in [0.15, 0.2) is 30.6 Å². The first-order valence-electron chi connectivity index (χ1n) is 10.1. The smallest absolute Gasteiger partial charge is 0.348 e. The third-order valence-electron chi connectivity index (χ3n) is 6.16. The van der Waals surface area contributed by atoms with Crippen LogP contribution in [0.25, 0.3) is 11.2 Å². The van der Waals surface area contributed by atoms with Crippen molar-refractivity contribution in [2.45, 2.75) is 42.2 Å². The number of carboxylic acids is 2. The first kappa shape index (κ1) is 23.2. The lowest BCUT2D eigenvalue weighted by atomic mass is 9.94. The number of alkyl halides is 1. The topological polar surface area (TPSA) is 203 Å². The number of fused-ring (bicyclic) bond motifs is 2. The molecule has 0 amide bonds. The Morgan fingerprint density at radius 1 is 1.26 bits per heavy atom. The number of phenols is 1. The molecule has 3 heterocycles. The van der Waals surface area contributed by atoms with Gasteiger partial charge in [0.25, 0.3) is 5.60 Å². The fraction of sp³-hybridized carbons (Fsp3) is 0.350. The van der Waals surface area contributed by atoms with Gasteiger partial charge >= 0.3 is 11.9 Å². The molecule has 35 heavy (non-hydrogen) atoms. The second-order valence-corrected chi connectivity index (χ2v) is 8.60. The monoisotopic (exact) mass is 509 g/mol. The van der Waals surface area contributed by atoms with Gasteiger partial charge in [-0.05, 0) is 29.3 Å². The van der Waals surface area contributed by atoms with E-state index in [0.29, 0.717) is 0 Å².